The van der Waals surface area contributed by atoms with Crippen LogP contribution in [0.1, 0.15) is 18.9 Å². The van der Waals surface area contributed by atoms with Gasteiger partial charge < -0.3 is 20.5 Å². The van der Waals surface area contributed by atoms with Gasteiger partial charge in [-0.3, -0.25) is 0 Å². The van der Waals surface area contributed by atoms with E-state index >= 15 is 0 Å². The Bertz CT molecular complexity index is 395. The Morgan fingerprint density at radius 2 is 2.33 bits per heavy atom. The number of hydrogen-bond acceptors (Lipinski definition) is 4. The molecule has 1 aromatic carbocycles. The topological polar surface area (TPSA) is 58.7 Å². The third-order valence-electron chi connectivity index (χ3n) is 3.33. The Balaban J connectivity index is 2.06. The number of nitrogens with zero attached hydrogens (tertiary/aromatic N) is 1. The summed E-state index contributed by atoms with van der Waals surface area (Å²) < 4.78 is 5.25. The zero-order valence-corrected chi connectivity index (χ0v) is 10.9. The van der Waals surface area contributed by atoms with Gasteiger partial charge in [0.2, 0.25) is 0 Å². The summed E-state index contributed by atoms with van der Waals surface area (Å²) >= 11 is 0. The average molecular weight is 250 g/mol. The predicted molar refractivity (Wildman–Crippen MR) is 73.9 cm³/mol. The highest BCUT2D eigenvalue weighted by Crippen LogP contribution is 2.31. The molecule has 2 rings (SSSR count). The lowest BCUT2D eigenvalue weighted by Crippen LogP contribution is -2.38. The highest BCUT2D eigenvalue weighted by molar-refractivity contribution is 5.66. The van der Waals surface area contributed by atoms with Gasteiger partial charge in [-0.2, -0.15) is 0 Å². The Morgan fingerprint density at radius 3 is 3.11 bits per heavy atom. The molecule has 1 aliphatic rings. The maximum atomic E-state index is 9.93. The number of fused-ring (bicyclic) bond motifs is 1. The van der Waals surface area contributed by atoms with Crippen LogP contribution in [0, 0.1) is 0 Å². The van der Waals surface area contributed by atoms with Crippen LogP contribution in [-0.4, -0.2) is 37.5 Å². The van der Waals surface area contributed by atoms with Gasteiger partial charge in [-0.1, -0.05) is 6.07 Å². The van der Waals surface area contributed by atoms with Gasteiger partial charge in [0.25, 0.3) is 0 Å². The minimum atomic E-state index is -0.447. The largest absolute Gasteiger partial charge is 0.398 e. The summed E-state index contributed by atoms with van der Waals surface area (Å²) in [5, 5.41) is 9.93. The number of aliphatic hydroxyl groups is 1. The van der Waals surface area contributed by atoms with E-state index in [2.05, 4.69) is 11.0 Å². The summed E-state index contributed by atoms with van der Waals surface area (Å²) in [5.74, 6) is 0. The minimum Gasteiger partial charge on any atom is -0.398 e. The van der Waals surface area contributed by atoms with Crippen LogP contribution in [0.25, 0.3) is 0 Å². The molecule has 1 heterocycles. The summed E-state index contributed by atoms with van der Waals surface area (Å²) in [6.07, 6.45) is 1.67. The van der Waals surface area contributed by atoms with Crippen molar-refractivity contribution in [3.8, 4) is 0 Å². The normalized spacial score (nSPS) is 16.4. The summed E-state index contributed by atoms with van der Waals surface area (Å²) in [4.78, 5) is 2.21. The summed E-state index contributed by atoms with van der Waals surface area (Å²) in [7, 11) is 0. The molecule has 4 nitrogen and oxygen atoms in total. The number of β-amino-alcohol motifs (C(OH)–C–C–N with tert-alkyl or cyclic N) is 1. The van der Waals surface area contributed by atoms with Gasteiger partial charge >= 0.3 is 0 Å². The van der Waals surface area contributed by atoms with Crippen molar-refractivity contribution in [2.24, 2.45) is 0 Å². The molecule has 1 aromatic rings. The van der Waals surface area contributed by atoms with Crippen molar-refractivity contribution in [2.45, 2.75) is 25.9 Å². The van der Waals surface area contributed by atoms with E-state index in [1.54, 1.807) is 0 Å². The second-order valence-corrected chi connectivity index (χ2v) is 4.71. The molecule has 0 amide bonds. The standard InChI is InChI=1S/C14H22N2O2/c1-2-18-10-11(17)9-16-8-4-5-12-13(15)6-3-7-14(12)16/h3,6-7,11,17H,2,4-5,8-10,15H2,1H3. The molecule has 0 saturated heterocycles. The van der Waals surface area contributed by atoms with E-state index in [-0.39, 0.29) is 0 Å². The SMILES string of the molecule is CCOCC(O)CN1CCCc2c(N)cccc21. The van der Waals surface area contributed by atoms with Gasteiger partial charge in [-0.25, -0.2) is 0 Å². The molecule has 1 aliphatic heterocycles. The Labute approximate surface area is 108 Å². The van der Waals surface area contributed by atoms with Crippen LogP contribution in [0.3, 0.4) is 0 Å². The number of nitrogen functional groups attached to an aromatic ring is 1. The van der Waals surface area contributed by atoms with E-state index in [1.165, 1.54) is 5.56 Å². The number of anilines is 2. The highest BCUT2D eigenvalue weighted by atomic mass is 16.5. The molecule has 0 saturated carbocycles. The van der Waals surface area contributed by atoms with E-state index in [4.69, 9.17) is 10.5 Å². The summed E-state index contributed by atoms with van der Waals surface area (Å²) in [5.41, 5.74) is 9.24. The first-order valence-electron chi connectivity index (χ1n) is 6.60. The van der Waals surface area contributed by atoms with Gasteiger partial charge in [-0.05, 0) is 37.5 Å². The third kappa shape index (κ3) is 2.94. The number of nitrogens with two attached hydrogens (primary N) is 1. The molecule has 0 aromatic heterocycles. The summed E-state index contributed by atoms with van der Waals surface area (Å²) in [6.45, 7) is 4.55. The van der Waals surface area contributed by atoms with Gasteiger partial charge in [0, 0.05) is 31.1 Å². The number of hydrogen-bond donors (Lipinski definition) is 2. The molecule has 18 heavy (non-hydrogen) atoms. The lowest BCUT2D eigenvalue weighted by atomic mass is 9.99. The van der Waals surface area contributed by atoms with Crippen molar-refractivity contribution < 1.29 is 9.84 Å². The van der Waals surface area contributed by atoms with Gasteiger partial charge in [0.1, 0.15) is 0 Å². The van der Waals surface area contributed by atoms with E-state index in [0.29, 0.717) is 19.8 Å². The van der Waals surface area contributed by atoms with E-state index in [9.17, 15) is 5.11 Å². The second-order valence-electron chi connectivity index (χ2n) is 4.71. The molecule has 0 fully saturated rings. The third-order valence-corrected chi connectivity index (χ3v) is 3.33. The van der Waals surface area contributed by atoms with Crippen molar-refractivity contribution >= 4 is 11.4 Å². The molecule has 100 valence electrons. The molecule has 0 spiro atoms. The van der Waals surface area contributed by atoms with Crippen molar-refractivity contribution in [2.75, 3.05) is 36.9 Å². The molecule has 4 heteroatoms. The first kappa shape index (κ1) is 13.2. The van der Waals surface area contributed by atoms with Crippen LogP contribution in [0.15, 0.2) is 18.2 Å². The van der Waals surface area contributed by atoms with E-state index < -0.39 is 6.10 Å². The minimum absolute atomic E-state index is 0.394. The Hall–Kier alpha value is -1.26. The van der Waals surface area contributed by atoms with Crippen LogP contribution in [0.2, 0.25) is 0 Å². The van der Waals surface area contributed by atoms with Gasteiger partial charge in [0.15, 0.2) is 0 Å². The molecule has 1 atom stereocenters. The van der Waals surface area contributed by atoms with E-state index in [1.807, 2.05) is 19.1 Å². The first-order chi connectivity index (χ1) is 8.72. The van der Waals surface area contributed by atoms with Gasteiger partial charge in [-0.15, -0.1) is 0 Å². The maximum Gasteiger partial charge on any atom is 0.0947 e. The lowest BCUT2D eigenvalue weighted by Gasteiger charge is -2.33. The fourth-order valence-electron chi connectivity index (χ4n) is 2.48. The molecule has 0 bridgehead atoms. The van der Waals surface area contributed by atoms with E-state index in [0.717, 1.165) is 30.8 Å². The first-order valence-corrected chi connectivity index (χ1v) is 6.60. The van der Waals surface area contributed by atoms with Gasteiger partial charge in [0.05, 0.1) is 12.7 Å². The fraction of sp³-hybridized carbons (Fsp3) is 0.571. The molecular formula is C14H22N2O2. The van der Waals surface area contributed by atoms with Crippen LogP contribution in [0.5, 0.6) is 0 Å². The maximum absolute atomic E-state index is 9.93. The quantitative estimate of drug-likeness (QED) is 0.776. The van der Waals surface area contributed by atoms with Crippen LogP contribution in [0.4, 0.5) is 11.4 Å². The number of aliphatic hydroxyl groups excluding tert-OH is 1. The van der Waals surface area contributed by atoms with Crippen LogP contribution < -0.4 is 10.6 Å². The molecule has 0 aliphatic carbocycles. The second kappa shape index (κ2) is 6.07. The number of rotatable bonds is 5. The van der Waals surface area contributed by atoms with Crippen molar-refractivity contribution in [1.29, 1.82) is 0 Å². The predicted octanol–water partition coefficient (Wildman–Crippen LogP) is 1.42. The number of ether oxygens (including phenoxy) is 1. The lowest BCUT2D eigenvalue weighted by molar-refractivity contribution is 0.0462. The monoisotopic (exact) mass is 250 g/mol. The molecule has 0 radical (unpaired) electrons. The number of benzene rings is 1. The Morgan fingerprint density at radius 1 is 1.50 bits per heavy atom. The van der Waals surface area contributed by atoms with Crippen molar-refractivity contribution in [3.63, 3.8) is 0 Å². The molecule has 3 N–H and O–H groups in total. The smallest absolute Gasteiger partial charge is 0.0947 e. The van der Waals surface area contributed by atoms with Crippen molar-refractivity contribution in [3.05, 3.63) is 23.8 Å². The highest BCUT2D eigenvalue weighted by Gasteiger charge is 2.20. The van der Waals surface area contributed by atoms with Crippen LogP contribution >= 0.6 is 0 Å². The van der Waals surface area contributed by atoms with Crippen molar-refractivity contribution in [1.82, 2.24) is 0 Å². The average Bonchev–Trinajstić information content (AvgIpc) is 2.38. The Kier molecular flexibility index (Phi) is 4.44. The zero-order chi connectivity index (χ0) is 13.0. The van der Waals surface area contributed by atoms with Crippen LogP contribution in [-0.2, 0) is 11.2 Å². The zero-order valence-electron chi connectivity index (χ0n) is 10.9. The molecular weight excluding hydrogens is 228 g/mol. The molecule has 1 unspecified atom stereocenters. The summed E-state index contributed by atoms with van der Waals surface area (Å²) in [6, 6.07) is 6.00. The fourth-order valence-corrected chi connectivity index (χ4v) is 2.48.